The van der Waals surface area contributed by atoms with Crippen LogP contribution in [0.4, 0.5) is 5.69 Å². The number of nitrogens with two attached hydrogens (primary N) is 1. The first-order valence-corrected chi connectivity index (χ1v) is 16.5. The van der Waals surface area contributed by atoms with Crippen LogP contribution in [-0.2, 0) is 30.4 Å². The Bertz CT molecular complexity index is 1720. The summed E-state index contributed by atoms with van der Waals surface area (Å²) in [4.78, 5) is 47.0. The van der Waals surface area contributed by atoms with E-state index in [4.69, 9.17) is 43.1 Å². The summed E-state index contributed by atoms with van der Waals surface area (Å²) in [5, 5.41) is 0.589. The highest BCUT2D eigenvalue weighted by Crippen LogP contribution is 2.41. The van der Waals surface area contributed by atoms with Gasteiger partial charge >= 0.3 is 5.91 Å². The number of nitrogens with zero attached hydrogens (tertiary/aromatic N) is 4. The van der Waals surface area contributed by atoms with E-state index in [0.29, 0.717) is 70.0 Å². The van der Waals surface area contributed by atoms with Gasteiger partial charge in [-0.1, -0.05) is 35.3 Å². The summed E-state index contributed by atoms with van der Waals surface area (Å²) < 4.78 is 16.6. The number of carbonyl (C=O) groups is 3. The largest absolute Gasteiger partial charge is 0.481 e. The van der Waals surface area contributed by atoms with Crippen molar-refractivity contribution in [1.29, 1.82) is 0 Å². The second-order valence-electron chi connectivity index (χ2n) is 10.8. The molecule has 0 fully saturated rings. The van der Waals surface area contributed by atoms with Crippen molar-refractivity contribution < 1.29 is 33.1 Å². The van der Waals surface area contributed by atoms with Crippen LogP contribution in [0.25, 0.3) is 6.08 Å². The molecule has 2 aromatic carbocycles. The molecule has 2 aliphatic heterocycles. The lowest BCUT2D eigenvalue weighted by atomic mass is 10.1. The van der Waals surface area contributed by atoms with Gasteiger partial charge in [0.25, 0.3) is 11.7 Å². The summed E-state index contributed by atoms with van der Waals surface area (Å²) in [7, 11) is 4.75. The predicted molar refractivity (Wildman–Crippen MR) is 198 cm³/mol. The summed E-state index contributed by atoms with van der Waals surface area (Å²) >= 11 is 16.7. The third-order valence-electron chi connectivity index (χ3n) is 7.78. The van der Waals surface area contributed by atoms with Gasteiger partial charge in [0.15, 0.2) is 0 Å². The van der Waals surface area contributed by atoms with Gasteiger partial charge in [-0.05, 0) is 55.0 Å². The molecule has 0 bridgehead atoms. The summed E-state index contributed by atoms with van der Waals surface area (Å²) in [6, 6.07) is 10.3. The SMILES string of the molecule is COCCN(CCOC)C(=O)c1ccc(C=CC(=O)[N+]23C=CC=C(OCc4c(Cl)ccc(N(C)C(=O)CN)c4Cl)C2=NC(C)=C3Br)cc1.Cl. The number of methoxy groups -OCH3 is 2. The van der Waals surface area contributed by atoms with Gasteiger partial charge in [-0.15, -0.1) is 16.9 Å². The van der Waals surface area contributed by atoms with Gasteiger partial charge in [-0.2, -0.15) is 4.99 Å². The molecular formula is C34H38BrCl3N5O6+. The highest BCUT2D eigenvalue weighted by atomic mass is 79.9. The van der Waals surface area contributed by atoms with E-state index in [1.807, 2.05) is 0 Å². The minimum absolute atomic E-state index is 0. The van der Waals surface area contributed by atoms with Crippen LogP contribution >= 0.6 is 51.5 Å². The molecule has 11 nitrogen and oxygen atoms in total. The van der Waals surface area contributed by atoms with E-state index < -0.39 is 0 Å². The van der Waals surface area contributed by atoms with Gasteiger partial charge in [-0.3, -0.25) is 9.59 Å². The predicted octanol–water partition coefficient (Wildman–Crippen LogP) is 6.05. The second-order valence-corrected chi connectivity index (χ2v) is 12.3. The highest BCUT2D eigenvalue weighted by molar-refractivity contribution is 9.11. The molecule has 49 heavy (non-hydrogen) atoms. The number of amidine groups is 1. The molecule has 262 valence electrons. The van der Waals surface area contributed by atoms with E-state index in [1.165, 1.54) is 11.0 Å². The van der Waals surface area contributed by atoms with Crippen molar-refractivity contribution in [3.05, 3.63) is 104 Å². The average Bonchev–Trinajstić information content (AvgIpc) is 3.36. The van der Waals surface area contributed by atoms with Crippen LogP contribution in [0, 0.1) is 0 Å². The Morgan fingerprint density at radius 3 is 2.31 bits per heavy atom. The Balaban J connectivity index is 0.00000650. The number of carbonyl (C=O) groups excluding carboxylic acids is 3. The number of fused-ring (bicyclic) bond motifs is 1. The maximum absolute atomic E-state index is 14.0. The van der Waals surface area contributed by atoms with Crippen LogP contribution in [-0.4, -0.2) is 87.1 Å². The van der Waals surface area contributed by atoms with Crippen LogP contribution in [0.15, 0.2) is 81.9 Å². The first-order valence-electron chi connectivity index (χ1n) is 14.9. The Morgan fingerprint density at radius 1 is 1.04 bits per heavy atom. The molecule has 4 rings (SSSR count). The van der Waals surface area contributed by atoms with Crippen LogP contribution in [0.5, 0.6) is 0 Å². The number of hydrogen-bond donors (Lipinski definition) is 1. The molecule has 2 heterocycles. The number of anilines is 1. The maximum atomic E-state index is 14.0. The summed E-state index contributed by atoms with van der Waals surface area (Å²) in [5.41, 5.74) is 8.25. The molecule has 0 spiro atoms. The fraction of sp³-hybridized carbons (Fsp3) is 0.294. The third-order valence-corrected chi connectivity index (χ3v) is 9.69. The molecule has 0 saturated heterocycles. The molecule has 0 aliphatic carbocycles. The Morgan fingerprint density at radius 2 is 1.69 bits per heavy atom. The topological polar surface area (TPSA) is 124 Å². The molecule has 0 aromatic heterocycles. The van der Waals surface area contributed by atoms with Crippen LogP contribution in [0.2, 0.25) is 10.0 Å². The third kappa shape index (κ3) is 8.70. The number of hydrogen-bond acceptors (Lipinski definition) is 8. The van der Waals surface area contributed by atoms with Gasteiger partial charge in [0.1, 0.15) is 18.5 Å². The van der Waals surface area contributed by atoms with Crippen LogP contribution < -0.4 is 10.6 Å². The summed E-state index contributed by atoms with van der Waals surface area (Å²) in [6.45, 7) is 3.24. The number of benzene rings is 2. The molecule has 2 aromatic rings. The lowest BCUT2D eigenvalue weighted by Gasteiger charge is -2.29. The number of aliphatic imine (C=N–C) groups is 1. The molecule has 2 aliphatic rings. The minimum Gasteiger partial charge on any atom is -0.481 e. The first-order chi connectivity index (χ1) is 23.0. The van der Waals surface area contributed by atoms with Crippen LogP contribution in [0.3, 0.4) is 0 Å². The van der Waals surface area contributed by atoms with E-state index in [1.54, 1.807) is 93.9 Å². The number of quaternary nitrogens is 1. The first kappa shape index (κ1) is 40.1. The Hall–Kier alpha value is -3.33. The Kier molecular flexibility index (Phi) is 14.8. The fourth-order valence-electron chi connectivity index (χ4n) is 5.04. The standard InChI is InChI=1S/C34H37BrCl2N5O6.ClH/c1-22-32(35)42(30(44)14-9-23-7-10-24(11-8-23)34(45)41(15-18-46-3)16-19-47-4)17-5-6-28(33(42)39-22)48-21-25-26(36)12-13-27(31(25)37)40(2)29(43)20-38;/h5-14,17H,15-16,18-21,38H2,1-4H3;1H/q+1;. The zero-order chi connectivity index (χ0) is 35.0. The van der Waals surface area contributed by atoms with Gasteiger partial charge in [-0.25, -0.2) is 4.79 Å². The number of allylic oxidation sites excluding steroid dienone is 3. The average molecular weight is 799 g/mol. The second kappa shape index (κ2) is 18.1. The van der Waals surface area contributed by atoms with Crippen molar-refractivity contribution in [2.45, 2.75) is 13.5 Å². The van der Waals surface area contributed by atoms with Crippen molar-refractivity contribution in [3.8, 4) is 0 Å². The van der Waals surface area contributed by atoms with E-state index in [-0.39, 0.29) is 52.8 Å². The molecule has 1 unspecified atom stereocenters. The molecule has 0 radical (unpaired) electrons. The minimum atomic E-state index is -0.367. The molecular weight excluding hydrogens is 761 g/mol. The highest BCUT2D eigenvalue weighted by Gasteiger charge is 2.51. The molecule has 3 amide bonds. The molecule has 2 N–H and O–H groups in total. The number of ether oxygens (including phenoxy) is 3. The van der Waals surface area contributed by atoms with Crippen molar-refractivity contribution in [2.75, 3.05) is 59.0 Å². The van der Waals surface area contributed by atoms with E-state index in [9.17, 15) is 14.4 Å². The lowest BCUT2D eigenvalue weighted by Crippen LogP contribution is -2.50. The lowest BCUT2D eigenvalue weighted by molar-refractivity contribution is -0.647. The molecule has 0 saturated carbocycles. The van der Waals surface area contributed by atoms with Crippen molar-refractivity contribution in [2.24, 2.45) is 10.7 Å². The zero-order valence-corrected chi connectivity index (χ0v) is 31.4. The van der Waals surface area contributed by atoms with Gasteiger partial charge < -0.3 is 29.7 Å². The van der Waals surface area contributed by atoms with E-state index >= 15 is 0 Å². The maximum Gasteiger partial charge on any atom is 0.355 e. The monoisotopic (exact) mass is 796 g/mol. The smallest absolute Gasteiger partial charge is 0.355 e. The number of rotatable bonds is 14. The van der Waals surface area contributed by atoms with Gasteiger partial charge in [0.05, 0.1) is 30.5 Å². The number of halogens is 4. The van der Waals surface area contributed by atoms with Crippen molar-refractivity contribution in [1.82, 2.24) is 4.90 Å². The molecule has 15 heteroatoms. The summed E-state index contributed by atoms with van der Waals surface area (Å²) in [6.07, 6.45) is 8.28. The van der Waals surface area contributed by atoms with Crippen molar-refractivity contribution in [3.63, 3.8) is 0 Å². The van der Waals surface area contributed by atoms with Crippen LogP contribution in [0.1, 0.15) is 28.4 Å². The van der Waals surface area contributed by atoms with E-state index in [0.717, 1.165) is 5.56 Å². The van der Waals surface area contributed by atoms with Crippen molar-refractivity contribution >= 4 is 86.9 Å². The molecule has 1 atom stereocenters. The fourth-order valence-corrected chi connectivity index (χ4v) is 6.19. The van der Waals surface area contributed by atoms with Gasteiger partial charge in [0, 0.05) is 72.5 Å². The van der Waals surface area contributed by atoms with E-state index in [2.05, 4.69) is 20.9 Å². The Labute approximate surface area is 310 Å². The zero-order valence-electron chi connectivity index (χ0n) is 27.5. The quantitative estimate of drug-likeness (QED) is 0.140. The summed E-state index contributed by atoms with van der Waals surface area (Å²) in [5.74, 6) is -0.0820. The van der Waals surface area contributed by atoms with Gasteiger partial charge in [0.2, 0.25) is 16.3 Å². The number of amides is 3. The number of likely N-dealkylation sites (N-methyl/N-ethyl adjacent to an activating group) is 1. The normalized spacial score (nSPS) is 16.6.